The second-order valence-corrected chi connectivity index (χ2v) is 7.48. The molecule has 0 spiro atoms. The van der Waals surface area contributed by atoms with Crippen LogP contribution in [0.1, 0.15) is 38.8 Å². The van der Waals surface area contributed by atoms with Gasteiger partial charge in [-0.2, -0.15) is 0 Å². The molecule has 0 aliphatic carbocycles. The third kappa shape index (κ3) is 4.49. The standard InChI is InChI=1S/C23H23NO4S/c1-5-28-23(26)20-18(17-12-15(3)8-11-19(17)27-4)13-29-22(20)24-21(25)16-9-6-14(2)7-10-16/h6-13H,5H2,1-4H3,(H,24,25). The highest BCUT2D eigenvalue weighted by Gasteiger charge is 2.24. The van der Waals surface area contributed by atoms with Crippen LogP contribution in [0.15, 0.2) is 47.8 Å². The van der Waals surface area contributed by atoms with Crippen LogP contribution in [0.2, 0.25) is 0 Å². The molecule has 1 heterocycles. The number of amides is 1. The largest absolute Gasteiger partial charge is 0.496 e. The van der Waals surface area contributed by atoms with Gasteiger partial charge >= 0.3 is 5.97 Å². The summed E-state index contributed by atoms with van der Waals surface area (Å²) in [4.78, 5) is 25.5. The molecule has 1 aromatic heterocycles. The topological polar surface area (TPSA) is 64.6 Å². The average molecular weight is 410 g/mol. The number of carbonyl (C=O) groups is 2. The number of nitrogens with one attached hydrogen (secondary N) is 1. The zero-order valence-electron chi connectivity index (χ0n) is 16.9. The summed E-state index contributed by atoms with van der Waals surface area (Å²) in [5.74, 6) is -0.109. The van der Waals surface area contributed by atoms with Crippen molar-refractivity contribution >= 4 is 28.2 Å². The second-order valence-electron chi connectivity index (χ2n) is 6.60. The molecular formula is C23H23NO4S. The van der Waals surface area contributed by atoms with E-state index in [4.69, 9.17) is 9.47 Å². The number of rotatable bonds is 6. The van der Waals surface area contributed by atoms with E-state index in [-0.39, 0.29) is 12.5 Å². The quantitative estimate of drug-likeness (QED) is 0.548. The Morgan fingerprint density at radius 2 is 1.69 bits per heavy atom. The molecule has 0 aliphatic heterocycles. The van der Waals surface area contributed by atoms with Gasteiger partial charge in [-0.15, -0.1) is 11.3 Å². The molecule has 150 valence electrons. The molecule has 0 radical (unpaired) electrons. The van der Waals surface area contributed by atoms with Crippen molar-refractivity contribution in [1.29, 1.82) is 0 Å². The van der Waals surface area contributed by atoms with Gasteiger partial charge < -0.3 is 14.8 Å². The van der Waals surface area contributed by atoms with Crippen molar-refractivity contribution < 1.29 is 19.1 Å². The summed E-state index contributed by atoms with van der Waals surface area (Å²) < 4.78 is 10.8. The number of benzene rings is 2. The number of hydrogen-bond donors (Lipinski definition) is 1. The van der Waals surface area contributed by atoms with Crippen LogP contribution in [0, 0.1) is 13.8 Å². The first-order valence-electron chi connectivity index (χ1n) is 9.26. The van der Waals surface area contributed by atoms with Gasteiger partial charge in [0.1, 0.15) is 16.3 Å². The van der Waals surface area contributed by atoms with Crippen LogP contribution in [0.4, 0.5) is 5.00 Å². The molecule has 6 heteroatoms. The number of ether oxygens (including phenoxy) is 2. The number of anilines is 1. The molecule has 0 aliphatic rings. The Balaban J connectivity index is 2.05. The van der Waals surface area contributed by atoms with Crippen LogP contribution in [0.5, 0.6) is 5.75 Å². The Bertz CT molecular complexity index is 1040. The number of aryl methyl sites for hydroxylation is 2. The normalized spacial score (nSPS) is 10.5. The lowest BCUT2D eigenvalue weighted by Crippen LogP contribution is -2.14. The van der Waals surface area contributed by atoms with Crippen molar-refractivity contribution in [2.24, 2.45) is 0 Å². The van der Waals surface area contributed by atoms with E-state index in [1.807, 2.05) is 49.6 Å². The first kappa shape index (κ1) is 20.6. The molecule has 0 bridgehead atoms. The highest BCUT2D eigenvalue weighted by Crippen LogP contribution is 2.40. The van der Waals surface area contributed by atoms with Gasteiger partial charge in [0.25, 0.3) is 5.91 Å². The van der Waals surface area contributed by atoms with E-state index in [9.17, 15) is 9.59 Å². The summed E-state index contributed by atoms with van der Waals surface area (Å²) in [5.41, 5.74) is 4.41. The Kier molecular flexibility index (Phi) is 6.34. The third-order valence-corrected chi connectivity index (χ3v) is 5.35. The predicted molar refractivity (Wildman–Crippen MR) is 116 cm³/mol. The molecule has 0 fully saturated rings. The van der Waals surface area contributed by atoms with Crippen molar-refractivity contribution in [3.8, 4) is 16.9 Å². The third-order valence-electron chi connectivity index (χ3n) is 4.46. The van der Waals surface area contributed by atoms with Gasteiger partial charge in [-0.25, -0.2) is 4.79 Å². The van der Waals surface area contributed by atoms with Crippen molar-refractivity contribution in [3.05, 3.63) is 70.1 Å². The Morgan fingerprint density at radius 3 is 2.34 bits per heavy atom. The van der Waals surface area contributed by atoms with Crippen LogP contribution in [0.3, 0.4) is 0 Å². The highest BCUT2D eigenvalue weighted by atomic mass is 32.1. The van der Waals surface area contributed by atoms with Crippen LogP contribution in [0.25, 0.3) is 11.1 Å². The van der Waals surface area contributed by atoms with Crippen molar-refractivity contribution in [1.82, 2.24) is 0 Å². The van der Waals surface area contributed by atoms with Gasteiger partial charge in [-0.1, -0.05) is 29.3 Å². The van der Waals surface area contributed by atoms with E-state index in [0.717, 1.165) is 16.7 Å². The first-order chi connectivity index (χ1) is 13.9. The number of esters is 1. The Labute approximate surface area is 174 Å². The molecular weight excluding hydrogens is 386 g/mol. The maximum absolute atomic E-state index is 12.8. The smallest absolute Gasteiger partial charge is 0.341 e. The lowest BCUT2D eigenvalue weighted by molar-refractivity contribution is 0.0529. The molecule has 5 nitrogen and oxygen atoms in total. The second kappa shape index (κ2) is 8.92. The van der Waals surface area contributed by atoms with Crippen molar-refractivity contribution in [3.63, 3.8) is 0 Å². The summed E-state index contributed by atoms with van der Waals surface area (Å²) in [5, 5.41) is 5.16. The van der Waals surface area contributed by atoms with Crippen molar-refractivity contribution in [2.45, 2.75) is 20.8 Å². The van der Waals surface area contributed by atoms with E-state index in [0.29, 0.717) is 27.4 Å². The number of thiophene rings is 1. The zero-order chi connectivity index (χ0) is 21.0. The molecule has 1 amide bonds. The lowest BCUT2D eigenvalue weighted by Gasteiger charge is -2.12. The van der Waals surface area contributed by atoms with Gasteiger partial charge in [-0.3, -0.25) is 4.79 Å². The van der Waals surface area contributed by atoms with Gasteiger partial charge in [0, 0.05) is 22.1 Å². The zero-order valence-corrected chi connectivity index (χ0v) is 17.7. The van der Waals surface area contributed by atoms with E-state index in [2.05, 4.69) is 5.32 Å². The number of methoxy groups -OCH3 is 1. The minimum absolute atomic E-state index is 0.240. The molecule has 0 atom stereocenters. The molecule has 2 aromatic carbocycles. The molecule has 0 saturated carbocycles. The SMILES string of the molecule is CCOC(=O)c1c(-c2cc(C)ccc2OC)csc1NC(=O)c1ccc(C)cc1. The van der Waals surface area contributed by atoms with E-state index < -0.39 is 5.97 Å². The molecule has 0 saturated heterocycles. The van der Waals surface area contributed by atoms with Crippen LogP contribution in [-0.4, -0.2) is 25.6 Å². The fraction of sp³-hybridized carbons (Fsp3) is 0.217. The fourth-order valence-corrected chi connectivity index (χ4v) is 3.91. The first-order valence-corrected chi connectivity index (χ1v) is 10.1. The van der Waals surface area contributed by atoms with Crippen LogP contribution >= 0.6 is 11.3 Å². The van der Waals surface area contributed by atoms with E-state index in [1.165, 1.54) is 11.3 Å². The monoisotopic (exact) mass is 409 g/mol. The average Bonchev–Trinajstić information content (AvgIpc) is 3.12. The Morgan fingerprint density at radius 1 is 1.00 bits per heavy atom. The maximum atomic E-state index is 12.8. The van der Waals surface area contributed by atoms with E-state index in [1.54, 1.807) is 26.2 Å². The molecule has 3 aromatic rings. The predicted octanol–water partition coefficient (Wildman–Crippen LogP) is 5.47. The van der Waals surface area contributed by atoms with E-state index >= 15 is 0 Å². The van der Waals surface area contributed by atoms with Crippen LogP contribution in [-0.2, 0) is 4.74 Å². The fourth-order valence-electron chi connectivity index (χ4n) is 2.97. The van der Waals surface area contributed by atoms with Gasteiger partial charge in [0.15, 0.2) is 0 Å². The summed E-state index contributed by atoms with van der Waals surface area (Å²) in [6, 6.07) is 13.0. The maximum Gasteiger partial charge on any atom is 0.341 e. The molecule has 3 rings (SSSR count). The summed E-state index contributed by atoms with van der Waals surface area (Å²) in [6.07, 6.45) is 0. The van der Waals surface area contributed by atoms with Crippen molar-refractivity contribution in [2.75, 3.05) is 19.0 Å². The minimum atomic E-state index is -0.480. The molecule has 1 N–H and O–H groups in total. The summed E-state index contributed by atoms with van der Waals surface area (Å²) in [7, 11) is 1.59. The van der Waals surface area contributed by atoms with Gasteiger partial charge in [-0.05, 0) is 45.0 Å². The van der Waals surface area contributed by atoms with Crippen LogP contribution < -0.4 is 10.1 Å². The lowest BCUT2D eigenvalue weighted by atomic mass is 10.0. The number of carbonyl (C=O) groups excluding carboxylic acids is 2. The molecule has 29 heavy (non-hydrogen) atoms. The molecule has 0 unspecified atom stereocenters. The summed E-state index contributed by atoms with van der Waals surface area (Å²) >= 11 is 1.29. The summed E-state index contributed by atoms with van der Waals surface area (Å²) in [6.45, 7) is 5.92. The highest BCUT2D eigenvalue weighted by molar-refractivity contribution is 7.15. The number of hydrogen-bond acceptors (Lipinski definition) is 5. The van der Waals surface area contributed by atoms with Gasteiger partial charge in [0.2, 0.25) is 0 Å². The minimum Gasteiger partial charge on any atom is -0.496 e. The van der Waals surface area contributed by atoms with Gasteiger partial charge in [0.05, 0.1) is 13.7 Å². The Hall–Kier alpha value is -3.12.